The second-order valence-corrected chi connectivity index (χ2v) is 7.51. The van der Waals surface area contributed by atoms with Crippen molar-refractivity contribution in [2.75, 3.05) is 43.5 Å². The Morgan fingerprint density at radius 1 is 1.25 bits per heavy atom. The highest BCUT2D eigenvalue weighted by Gasteiger charge is 2.22. The lowest BCUT2D eigenvalue weighted by Crippen LogP contribution is -2.44. The highest BCUT2D eigenvalue weighted by Crippen LogP contribution is 2.22. The van der Waals surface area contributed by atoms with E-state index in [4.69, 9.17) is 4.98 Å². The molecule has 0 amide bonds. The van der Waals surface area contributed by atoms with Gasteiger partial charge < -0.3 is 20.2 Å². The van der Waals surface area contributed by atoms with E-state index in [0.717, 1.165) is 49.8 Å². The number of anilines is 2. The lowest BCUT2D eigenvalue weighted by Gasteiger charge is -2.34. The lowest BCUT2D eigenvalue weighted by atomic mass is 10.0. The Kier molecular flexibility index (Phi) is 6.80. The molecule has 1 aliphatic rings. The van der Waals surface area contributed by atoms with Crippen LogP contribution in [-0.4, -0.2) is 54.8 Å². The standard InChI is InChI=1S/C21H30FN5O/c1-4-17-13-20(25-21(24-17)26(2)3)27-10-8-18(9-11-27)23-14-19(28)15-6-5-7-16(22)12-15/h5-7,12-13,18-19,23,28H,4,8-11,14H2,1-3H3/t19-/m1/s1. The van der Waals surface area contributed by atoms with E-state index in [1.54, 1.807) is 12.1 Å². The van der Waals surface area contributed by atoms with Gasteiger partial charge in [-0.25, -0.2) is 9.37 Å². The van der Waals surface area contributed by atoms with E-state index in [2.05, 4.69) is 28.2 Å². The molecule has 28 heavy (non-hydrogen) atoms. The summed E-state index contributed by atoms with van der Waals surface area (Å²) in [5.41, 5.74) is 1.65. The summed E-state index contributed by atoms with van der Waals surface area (Å²) in [6.45, 7) is 4.33. The van der Waals surface area contributed by atoms with E-state index < -0.39 is 6.10 Å². The molecule has 1 aliphatic heterocycles. The molecule has 1 aromatic heterocycles. The van der Waals surface area contributed by atoms with Crippen LogP contribution in [0, 0.1) is 5.82 Å². The number of benzene rings is 1. The van der Waals surface area contributed by atoms with Gasteiger partial charge in [0.15, 0.2) is 0 Å². The van der Waals surface area contributed by atoms with Crippen LogP contribution in [-0.2, 0) is 6.42 Å². The van der Waals surface area contributed by atoms with Crippen molar-refractivity contribution in [1.82, 2.24) is 15.3 Å². The smallest absolute Gasteiger partial charge is 0.227 e. The Hall–Kier alpha value is -2.25. The minimum Gasteiger partial charge on any atom is -0.387 e. The van der Waals surface area contributed by atoms with Gasteiger partial charge in [-0.15, -0.1) is 0 Å². The molecule has 6 nitrogen and oxygen atoms in total. The zero-order chi connectivity index (χ0) is 20.1. The van der Waals surface area contributed by atoms with Crippen molar-refractivity contribution in [3.8, 4) is 0 Å². The molecule has 2 N–H and O–H groups in total. The third-order valence-electron chi connectivity index (χ3n) is 5.17. The molecule has 2 heterocycles. The van der Waals surface area contributed by atoms with Gasteiger partial charge in [-0.2, -0.15) is 4.98 Å². The minimum atomic E-state index is -0.703. The molecule has 1 fully saturated rings. The molecule has 3 rings (SSSR count). The van der Waals surface area contributed by atoms with Crippen molar-refractivity contribution in [3.05, 3.63) is 47.4 Å². The number of aliphatic hydroxyl groups is 1. The first kappa shape index (κ1) is 20.5. The van der Waals surface area contributed by atoms with Gasteiger partial charge in [0.1, 0.15) is 11.6 Å². The molecule has 0 spiro atoms. The molecule has 0 aliphatic carbocycles. The summed E-state index contributed by atoms with van der Waals surface area (Å²) in [4.78, 5) is 13.5. The second-order valence-electron chi connectivity index (χ2n) is 7.51. The summed E-state index contributed by atoms with van der Waals surface area (Å²) in [5.74, 6) is 1.40. The fourth-order valence-electron chi connectivity index (χ4n) is 3.44. The quantitative estimate of drug-likeness (QED) is 0.761. The molecule has 0 unspecified atom stereocenters. The third kappa shape index (κ3) is 5.17. The summed E-state index contributed by atoms with van der Waals surface area (Å²) in [6.07, 6.45) is 2.12. The molecule has 1 saturated heterocycles. The Labute approximate surface area is 166 Å². The van der Waals surface area contributed by atoms with Crippen LogP contribution in [0.25, 0.3) is 0 Å². The van der Waals surface area contributed by atoms with Crippen LogP contribution in [0.5, 0.6) is 0 Å². The van der Waals surface area contributed by atoms with Gasteiger partial charge in [-0.05, 0) is 37.0 Å². The van der Waals surface area contributed by atoms with Crippen LogP contribution in [0.15, 0.2) is 30.3 Å². The van der Waals surface area contributed by atoms with Crippen molar-refractivity contribution in [3.63, 3.8) is 0 Å². The van der Waals surface area contributed by atoms with Crippen LogP contribution in [0.1, 0.15) is 37.1 Å². The van der Waals surface area contributed by atoms with Gasteiger partial charge in [0.25, 0.3) is 0 Å². The van der Waals surface area contributed by atoms with Crippen LogP contribution in [0.2, 0.25) is 0 Å². The zero-order valence-electron chi connectivity index (χ0n) is 16.9. The average Bonchev–Trinajstić information content (AvgIpc) is 2.72. The predicted octanol–water partition coefficient (Wildman–Crippen LogP) is 2.54. The number of aliphatic hydroxyl groups excluding tert-OH is 1. The SMILES string of the molecule is CCc1cc(N2CCC(NC[C@@H](O)c3cccc(F)c3)CC2)nc(N(C)C)n1. The maximum atomic E-state index is 13.3. The highest BCUT2D eigenvalue weighted by molar-refractivity contribution is 5.46. The molecule has 1 atom stereocenters. The van der Waals surface area contributed by atoms with Gasteiger partial charge in [0, 0.05) is 51.5 Å². The van der Waals surface area contributed by atoms with Crippen LogP contribution in [0.3, 0.4) is 0 Å². The largest absolute Gasteiger partial charge is 0.387 e. The molecule has 0 saturated carbocycles. The Morgan fingerprint density at radius 2 is 2.00 bits per heavy atom. The summed E-state index contributed by atoms with van der Waals surface area (Å²) in [5, 5.41) is 13.7. The number of halogens is 1. The molecule has 152 valence electrons. The second kappa shape index (κ2) is 9.30. The first-order chi connectivity index (χ1) is 13.5. The van der Waals surface area contributed by atoms with E-state index in [1.165, 1.54) is 12.1 Å². The molecule has 1 aromatic carbocycles. The fraction of sp³-hybridized carbons (Fsp3) is 0.524. The number of hydrogen-bond donors (Lipinski definition) is 2. The number of hydrogen-bond acceptors (Lipinski definition) is 6. The average molecular weight is 388 g/mol. The van der Waals surface area contributed by atoms with Gasteiger partial charge in [-0.1, -0.05) is 19.1 Å². The summed E-state index contributed by atoms with van der Waals surface area (Å²) in [6, 6.07) is 8.56. The molecule has 7 heteroatoms. The van der Waals surface area contributed by atoms with Crippen LogP contribution >= 0.6 is 0 Å². The number of nitrogens with zero attached hydrogens (tertiary/aromatic N) is 4. The summed E-state index contributed by atoms with van der Waals surface area (Å²) >= 11 is 0. The summed E-state index contributed by atoms with van der Waals surface area (Å²) in [7, 11) is 3.91. The minimum absolute atomic E-state index is 0.321. The maximum absolute atomic E-state index is 13.3. The molecular weight excluding hydrogens is 357 g/mol. The van der Waals surface area contributed by atoms with E-state index in [-0.39, 0.29) is 5.82 Å². The van der Waals surface area contributed by atoms with E-state index in [1.807, 2.05) is 19.0 Å². The predicted molar refractivity (Wildman–Crippen MR) is 110 cm³/mol. The van der Waals surface area contributed by atoms with Crippen LogP contribution in [0.4, 0.5) is 16.2 Å². The zero-order valence-corrected chi connectivity index (χ0v) is 16.9. The topological polar surface area (TPSA) is 64.5 Å². The monoisotopic (exact) mass is 387 g/mol. The fourth-order valence-corrected chi connectivity index (χ4v) is 3.44. The molecule has 0 radical (unpaired) electrons. The number of nitrogens with one attached hydrogen (secondary N) is 1. The highest BCUT2D eigenvalue weighted by atomic mass is 19.1. The lowest BCUT2D eigenvalue weighted by molar-refractivity contribution is 0.166. The van der Waals surface area contributed by atoms with Crippen molar-refractivity contribution >= 4 is 11.8 Å². The van der Waals surface area contributed by atoms with Crippen LogP contribution < -0.4 is 15.1 Å². The normalized spacial score (nSPS) is 16.2. The van der Waals surface area contributed by atoms with Crippen molar-refractivity contribution in [1.29, 1.82) is 0 Å². The molecule has 0 bridgehead atoms. The van der Waals surface area contributed by atoms with Gasteiger partial charge >= 0.3 is 0 Å². The van der Waals surface area contributed by atoms with Crippen molar-refractivity contribution in [2.45, 2.75) is 38.3 Å². The maximum Gasteiger partial charge on any atom is 0.227 e. The van der Waals surface area contributed by atoms with Gasteiger partial charge in [-0.3, -0.25) is 0 Å². The number of aryl methyl sites for hydroxylation is 1. The van der Waals surface area contributed by atoms with E-state index in [9.17, 15) is 9.50 Å². The van der Waals surface area contributed by atoms with Gasteiger partial charge in [0.2, 0.25) is 5.95 Å². The third-order valence-corrected chi connectivity index (χ3v) is 5.17. The van der Waals surface area contributed by atoms with Gasteiger partial charge in [0.05, 0.1) is 6.10 Å². The first-order valence-corrected chi connectivity index (χ1v) is 9.93. The van der Waals surface area contributed by atoms with E-state index >= 15 is 0 Å². The first-order valence-electron chi connectivity index (χ1n) is 9.93. The number of rotatable bonds is 7. The Morgan fingerprint density at radius 3 is 2.64 bits per heavy atom. The van der Waals surface area contributed by atoms with E-state index in [0.29, 0.717) is 18.2 Å². The Balaban J connectivity index is 1.54. The number of aromatic nitrogens is 2. The number of piperidine rings is 1. The Bertz CT molecular complexity index is 777. The summed E-state index contributed by atoms with van der Waals surface area (Å²) < 4.78 is 13.3. The molecular formula is C21H30FN5O. The van der Waals surface area contributed by atoms with Crippen molar-refractivity contribution in [2.24, 2.45) is 0 Å². The van der Waals surface area contributed by atoms with Crippen molar-refractivity contribution < 1.29 is 9.50 Å². The molecule has 2 aromatic rings.